The molecule has 1 fully saturated rings. The highest BCUT2D eigenvalue weighted by Crippen LogP contribution is 2.40. The molecule has 1 saturated heterocycles. The summed E-state index contributed by atoms with van der Waals surface area (Å²) in [6, 6.07) is 1.49. The Morgan fingerprint density at radius 2 is 1.86 bits per heavy atom. The highest BCUT2D eigenvalue weighted by atomic mass is 32.2. The molecule has 0 bridgehead atoms. The summed E-state index contributed by atoms with van der Waals surface area (Å²) in [5.41, 5.74) is 5.86. The van der Waals surface area contributed by atoms with Crippen LogP contribution >= 0.6 is 11.8 Å². The maximum atomic E-state index is 11.7. The molecule has 1 aliphatic heterocycles. The summed E-state index contributed by atoms with van der Waals surface area (Å²) in [5.74, 6) is 1.51. The minimum Gasteiger partial charge on any atom is -0.480 e. The average Bonchev–Trinajstić information content (AvgIpc) is 2.73. The van der Waals surface area contributed by atoms with Gasteiger partial charge in [0.1, 0.15) is 16.5 Å². The van der Waals surface area contributed by atoms with Crippen molar-refractivity contribution in [3.63, 3.8) is 0 Å². The number of rotatable bonds is 7. The molecule has 0 unspecified atom stereocenters. The Morgan fingerprint density at radius 1 is 1.21 bits per heavy atom. The van der Waals surface area contributed by atoms with Gasteiger partial charge in [-0.1, -0.05) is 6.92 Å². The van der Waals surface area contributed by atoms with Crippen molar-refractivity contribution in [2.45, 2.75) is 23.4 Å². The molecule has 1 amide bonds. The van der Waals surface area contributed by atoms with Gasteiger partial charge in [-0.15, -0.1) is 0 Å². The maximum Gasteiger partial charge on any atom is 0.236 e. The maximum absolute atomic E-state index is 11.7. The quantitative estimate of drug-likeness (QED) is 0.624. The highest BCUT2D eigenvalue weighted by molar-refractivity contribution is 7.99. The summed E-state index contributed by atoms with van der Waals surface area (Å²) in [4.78, 5) is 31.7. The number of aromatic nitrogens is 4. The second kappa shape index (κ2) is 9.56. The molecular weight excluding hydrogens is 398 g/mol. The molecular formula is C17H23N7O4S. The van der Waals surface area contributed by atoms with Crippen molar-refractivity contribution in [1.82, 2.24) is 19.9 Å². The molecule has 0 aromatic carbocycles. The highest BCUT2D eigenvalue weighted by Gasteiger charge is 2.23. The summed E-state index contributed by atoms with van der Waals surface area (Å²) in [6.45, 7) is 4.32. The molecule has 29 heavy (non-hydrogen) atoms. The van der Waals surface area contributed by atoms with Crippen molar-refractivity contribution in [3.05, 3.63) is 6.07 Å². The topological polar surface area (TPSA) is 138 Å². The average molecular weight is 421 g/mol. The summed E-state index contributed by atoms with van der Waals surface area (Å²) < 4.78 is 16.3. The molecule has 3 rings (SSSR count). The van der Waals surface area contributed by atoms with E-state index in [9.17, 15) is 4.79 Å². The molecule has 11 nitrogen and oxygen atoms in total. The van der Waals surface area contributed by atoms with Crippen LogP contribution in [0, 0.1) is 0 Å². The van der Waals surface area contributed by atoms with Crippen LogP contribution < -0.4 is 25.4 Å². The number of nitrogens with one attached hydrogen (secondary N) is 1. The predicted octanol–water partition coefficient (Wildman–Crippen LogP) is 1.20. The van der Waals surface area contributed by atoms with Crippen LogP contribution in [-0.4, -0.2) is 66.4 Å². The van der Waals surface area contributed by atoms with Crippen LogP contribution in [0.1, 0.15) is 13.3 Å². The first kappa shape index (κ1) is 20.9. The summed E-state index contributed by atoms with van der Waals surface area (Å²) in [5, 5.41) is 2.97. The minimum atomic E-state index is -0.174. The van der Waals surface area contributed by atoms with E-state index in [0.717, 1.165) is 11.8 Å². The number of carbonyl (C=O) groups excluding carboxylic acids is 1. The van der Waals surface area contributed by atoms with Crippen molar-refractivity contribution in [3.8, 4) is 11.8 Å². The molecule has 1 aliphatic rings. The van der Waals surface area contributed by atoms with E-state index in [1.165, 1.54) is 20.3 Å². The summed E-state index contributed by atoms with van der Waals surface area (Å²) in [7, 11) is 3.03. The monoisotopic (exact) mass is 421 g/mol. The van der Waals surface area contributed by atoms with Crippen LogP contribution in [0.15, 0.2) is 16.1 Å². The molecule has 0 saturated carbocycles. The van der Waals surface area contributed by atoms with Gasteiger partial charge in [0.2, 0.25) is 23.6 Å². The van der Waals surface area contributed by atoms with Crippen LogP contribution in [-0.2, 0) is 9.53 Å². The SMILES string of the molecule is CCC(=O)Nc1cc(N)nc(Sc2c(OC)nc(N3CCOCC3)nc2OC)n1. The van der Waals surface area contributed by atoms with Gasteiger partial charge in [-0.3, -0.25) is 4.79 Å². The second-order valence-electron chi connectivity index (χ2n) is 5.94. The van der Waals surface area contributed by atoms with Gasteiger partial charge in [-0.05, 0) is 11.8 Å². The standard InChI is InChI=1S/C17H23N7O4S/c1-4-12(25)20-11-9-10(18)19-17(21-11)29-13-14(26-2)22-16(23-15(13)27-3)24-5-7-28-8-6-24/h9H,4-8H2,1-3H3,(H3,18,19,20,21,25). The Balaban J connectivity index is 1.92. The van der Waals surface area contributed by atoms with E-state index in [0.29, 0.717) is 66.3 Å². The third-order valence-electron chi connectivity index (χ3n) is 3.98. The Morgan fingerprint density at radius 3 is 2.45 bits per heavy atom. The lowest BCUT2D eigenvalue weighted by atomic mass is 10.4. The van der Waals surface area contributed by atoms with Gasteiger partial charge in [0.05, 0.1) is 27.4 Å². The van der Waals surface area contributed by atoms with Crippen LogP contribution in [0.2, 0.25) is 0 Å². The molecule has 0 radical (unpaired) electrons. The van der Waals surface area contributed by atoms with E-state index in [1.54, 1.807) is 6.92 Å². The first-order valence-corrected chi connectivity index (χ1v) is 9.80. The zero-order valence-corrected chi connectivity index (χ0v) is 17.3. The number of hydrogen-bond acceptors (Lipinski definition) is 11. The molecule has 156 valence electrons. The minimum absolute atomic E-state index is 0.174. The number of nitrogen functional groups attached to an aromatic ring is 1. The van der Waals surface area contributed by atoms with Gasteiger partial charge in [-0.2, -0.15) is 9.97 Å². The smallest absolute Gasteiger partial charge is 0.236 e. The van der Waals surface area contributed by atoms with E-state index in [2.05, 4.69) is 25.3 Å². The van der Waals surface area contributed by atoms with Crippen molar-refractivity contribution < 1.29 is 19.0 Å². The Hall–Kier alpha value is -2.86. The summed E-state index contributed by atoms with van der Waals surface area (Å²) >= 11 is 1.14. The van der Waals surface area contributed by atoms with Gasteiger partial charge in [0.15, 0.2) is 5.16 Å². The normalized spacial score (nSPS) is 13.8. The Kier molecular flexibility index (Phi) is 6.88. The van der Waals surface area contributed by atoms with Crippen LogP contribution in [0.3, 0.4) is 0 Å². The third kappa shape index (κ3) is 5.15. The number of nitrogens with two attached hydrogens (primary N) is 1. The predicted molar refractivity (Wildman–Crippen MR) is 108 cm³/mol. The van der Waals surface area contributed by atoms with Crippen molar-refractivity contribution in [2.75, 3.05) is 56.5 Å². The van der Waals surface area contributed by atoms with E-state index in [-0.39, 0.29) is 11.7 Å². The molecule has 3 heterocycles. The van der Waals surface area contributed by atoms with Crippen molar-refractivity contribution in [2.24, 2.45) is 0 Å². The van der Waals surface area contributed by atoms with Crippen molar-refractivity contribution in [1.29, 1.82) is 0 Å². The first-order valence-electron chi connectivity index (χ1n) is 8.99. The molecule has 12 heteroatoms. The van der Waals surface area contributed by atoms with E-state index in [1.807, 2.05) is 4.90 Å². The molecule has 0 spiro atoms. The largest absolute Gasteiger partial charge is 0.480 e. The molecule has 0 aliphatic carbocycles. The lowest BCUT2D eigenvalue weighted by Gasteiger charge is -2.27. The van der Waals surface area contributed by atoms with Gasteiger partial charge in [-0.25, -0.2) is 9.97 Å². The molecule has 3 N–H and O–H groups in total. The zero-order valence-electron chi connectivity index (χ0n) is 16.5. The Bertz CT molecular complexity index is 852. The molecule has 2 aromatic heterocycles. The number of morpholine rings is 1. The number of ether oxygens (including phenoxy) is 3. The fourth-order valence-electron chi connectivity index (χ4n) is 2.54. The Labute approximate surface area is 172 Å². The van der Waals surface area contributed by atoms with Crippen LogP contribution in [0.4, 0.5) is 17.6 Å². The first-order chi connectivity index (χ1) is 14.0. The fourth-order valence-corrected chi connectivity index (χ4v) is 3.45. The zero-order chi connectivity index (χ0) is 20.8. The number of hydrogen-bond donors (Lipinski definition) is 2. The third-order valence-corrected chi connectivity index (χ3v) is 4.90. The van der Waals surface area contributed by atoms with Gasteiger partial charge < -0.3 is 30.2 Å². The van der Waals surface area contributed by atoms with E-state index < -0.39 is 0 Å². The molecule has 0 atom stereocenters. The summed E-state index contributed by atoms with van der Waals surface area (Å²) in [6.07, 6.45) is 0.324. The second-order valence-corrected chi connectivity index (χ2v) is 6.91. The van der Waals surface area contributed by atoms with Crippen LogP contribution in [0.25, 0.3) is 0 Å². The number of anilines is 3. The van der Waals surface area contributed by atoms with Crippen molar-refractivity contribution >= 4 is 35.3 Å². The molecule has 2 aromatic rings. The fraction of sp³-hybridized carbons (Fsp3) is 0.471. The number of methoxy groups -OCH3 is 2. The van der Waals surface area contributed by atoms with E-state index >= 15 is 0 Å². The number of amides is 1. The van der Waals surface area contributed by atoms with E-state index in [4.69, 9.17) is 19.9 Å². The van der Waals surface area contributed by atoms with Gasteiger partial charge in [0, 0.05) is 25.6 Å². The lowest BCUT2D eigenvalue weighted by Crippen LogP contribution is -2.37. The number of nitrogens with zero attached hydrogens (tertiary/aromatic N) is 5. The van der Waals surface area contributed by atoms with Crippen LogP contribution in [0.5, 0.6) is 11.8 Å². The van der Waals surface area contributed by atoms with Gasteiger partial charge >= 0.3 is 0 Å². The number of carbonyl (C=O) groups is 1. The van der Waals surface area contributed by atoms with Gasteiger partial charge in [0.25, 0.3) is 0 Å². The lowest BCUT2D eigenvalue weighted by molar-refractivity contribution is -0.115.